The molecule has 2 unspecified atom stereocenters. The van der Waals surface area contributed by atoms with Gasteiger partial charge in [-0.25, -0.2) is 0 Å². The van der Waals surface area contributed by atoms with Crippen molar-refractivity contribution in [2.24, 2.45) is 5.11 Å². The van der Waals surface area contributed by atoms with Crippen LogP contribution >= 0.6 is 0 Å². The minimum Gasteiger partial charge on any atom is -0.504 e. The predicted molar refractivity (Wildman–Crippen MR) is 59.6 cm³/mol. The summed E-state index contributed by atoms with van der Waals surface area (Å²) in [5, 5.41) is 32.2. The molecular weight excluding hydrogens is 226 g/mol. The largest absolute Gasteiger partial charge is 0.504 e. The van der Waals surface area contributed by atoms with Gasteiger partial charge in [-0.05, 0) is 11.6 Å². The van der Waals surface area contributed by atoms with Crippen LogP contribution in [0.3, 0.4) is 0 Å². The Morgan fingerprint density at radius 2 is 2.18 bits per heavy atom. The summed E-state index contributed by atoms with van der Waals surface area (Å²) in [4.78, 5) is 2.47. The summed E-state index contributed by atoms with van der Waals surface area (Å²) in [6.07, 6.45) is -2.64. The zero-order valence-corrected chi connectivity index (χ0v) is 9.19. The third kappa shape index (κ3) is 3.01. The molecule has 0 saturated heterocycles. The van der Waals surface area contributed by atoms with Crippen LogP contribution in [0.15, 0.2) is 23.3 Å². The van der Waals surface area contributed by atoms with Crippen molar-refractivity contribution in [1.82, 2.24) is 0 Å². The fraction of sp³-hybridized carbons (Fsp3) is 0.400. The molecule has 2 atom stereocenters. The molecule has 0 heterocycles. The van der Waals surface area contributed by atoms with Crippen LogP contribution < -0.4 is 4.74 Å². The van der Waals surface area contributed by atoms with Crippen molar-refractivity contribution in [2.45, 2.75) is 12.2 Å². The second-order valence-corrected chi connectivity index (χ2v) is 3.32. The number of rotatable bonds is 5. The van der Waals surface area contributed by atoms with E-state index in [9.17, 15) is 15.3 Å². The average molecular weight is 239 g/mol. The van der Waals surface area contributed by atoms with E-state index in [0.717, 1.165) is 0 Å². The summed E-state index contributed by atoms with van der Waals surface area (Å²) in [6.45, 7) is -0.283. The smallest absolute Gasteiger partial charge is 0.163 e. The molecule has 1 rings (SSSR count). The van der Waals surface area contributed by atoms with Gasteiger partial charge >= 0.3 is 0 Å². The first-order valence-electron chi connectivity index (χ1n) is 4.84. The lowest BCUT2D eigenvalue weighted by Gasteiger charge is -2.18. The zero-order valence-electron chi connectivity index (χ0n) is 9.19. The monoisotopic (exact) mass is 239 g/mol. The van der Waals surface area contributed by atoms with Crippen LogP contribution in [0.5, 0.6) is 11.5 Å². The van der Waals surface area contributed by atoms with Gasteiger partial charge in [-0.2, -0.15) is 0 Å². The van der Waals surface area contributed by atoms with Crippen molar-refractivity contribution in [3.05, 3.63) is 34.2 Å². The Bertz CT molecular complexity index is 432. The lowest BCUT2D eigenvalue weighted by molar-refractivity contribution is 0.0228. The van der Waals surface area contributed by atoms with E-state index in [0.29, 0.717) is 0 Å². The number of nitrogens with zero attached hydrogens (tertiary/aromatic N) is 3. The normalized spacial score (nSPS) is 13.6. The molecule has 7 nitrogen and oxygen atoms in total. The van der Waals surface area contributed by atoms with Crippen LogP contribution in [0.4, 0.5) is 0 Å². The fourth-order valence-electron chi connectivity index (χ4n) is 1.37. The second kappa shape index (κ2) is 5.95. The van der Waals surface area contributed by atoms with E-state index in [-0.39, 0.29) is 23.6 Å². The molecule has 1 aromatic carbocycles. The lowest BCUT2D eigenvalue weighted by atomic mass is 10.0. The van der Waals surface area contributed by atoms with Gasteiger partial charge in [-0.15, -0.1) is 0 Å². The average Bonchev–Trinajstić information content (AvgIpc) is 2.35. The number of hydrogen-bond acceptors (Lipinski definition) is 5. The van der Waals surface area contributed by atoms with Gasteiger partial charge in [0, 0.05) is 10.5 Å². The van der Waals surface area contributed by atoms with Gasteiger partial charge < -0.3 is 20.1 Å². The summed E-state index contributed by atoms with van der Waals surface area (Å²) >= 11 is 0. The molecule has 0 aliphatic heterocycles. The third-order valence-corrected chi connectivity index (χ3v) is 2.27. The molecule has 0 radical (unpaired) electrons. The first-order chi connectivity index (χ1) is 8.11. The molecule has 17 heavy (non-hydrogen) atoms. The maximum Gasteiger partial charge on any atom is 0.163 e. The molecule has 92 valence electrons. The molecule has 0 bridgehead atoms. The molecule has 0 saturated carbocycles. The van der Waals surface area contributed by atoms with Crippen molar-refractivity contribution in [1.29, 1.82) is 0 Å². The van der Waals surface area contributed by atoms with Gasteiger partial charge in [0.25, 0.3) is 0 Å². The minimum atomic E-state index is -1.35. The molecule has 7 heteroatoms. The van der Waals surface area contributed by atoms with Crippen molar-refractivity contribution in [2.75, 3.05) is 13.7 Å². The van der Waals surface area contributed by atoms with E-state index >= 15 is 0 Å². The number of para-hydroxylation sites is 1. The van der Waals surface area contributed by atoms with E-state index in [1.807, 2.05) is 0 Å². The number of azide groups is 1. The maximum absolute atomic E-state index is 9.77. The van der Waals surface area contributed by atoms with Crippen LogP contribution in [0.2, 0.25) is 0 Å². The van der Waals surface area contributed by atoms with Crippen LogP contribution in [-0.2, 0) is 0 Å². The van der Waals surface area contributed by atoms with Crippen molar-refractivity contribution in [3.8, 4) is 11.5 Å². The summed E-state index contributed by atoms with van der Waals surface area (Å²) < 4.78 is 4.87. The van der Waals surface area contributed by atoms with Gasteiger partial charge in [0.15, 0.2) is 11.5 Å². The van der Waals surface area contributed by atoms with Crippen molar-refractivity contribution in [3.63, 3.8) is 0 Å². The van der Waals surface area contributed by atoms with Gasteiger partial charge in [0.1, 0.15) is 6.10 Å². The Balaban J connectivity index is 2.95. The first-order valence-corrected chi connectivity index (χ1v) is 4.84. The number of hydrogen-bond donors (Lipinski definition) is 3. The van der Waals surface area contributed by atoms with Crippen molar-refractivity contribution < 1.29 is 20.1 Å². The van der Waals surface area contributed by atoms with Gasteiger partial charge in [0.05, 0.1) is 19.8 Å². The highest BCUT2D eigenvalue weighted by Crippen LogP contribution is 2.34. The van der Waals surface area contributed by atoms with E-state index in [4.69, 9.17) is 10.3 Å². The zero-order chi connectivity index (χ0) is 12.8. The first kappa shape index (κ1) is 13.1. The number of phenols is 1. The van der Waals surface area contributed by atoms with Crippen LogP contribution in [0.1, 0.15) is 11.7 Å². The molecule has 0 aliphatic rings. The molecule has 3 N–H and O–H groups in total. The highest BCUT2D eigenvalue weighted by molar-refractivity contribution is 5.46. The maximum atomic E-state index is 9.77. The van der Waals surface area contributed by atoms with Crippen molar-refractivity contribution >= 4 is 0 Å². The summed E-state index contributed by atoms with van der Waals surface area (Å²) in [7, 11) is 1.38. The Morgan fingerprint density at radius 1 is 1.47 bits per heavy atom. The number of aliphatic hydroxyl groups is 2. The molecule has 0 aromatic heterocycles. The molecule has 0 aliphatic carbocycles. The third-order valence-electron chi connectivity index (χ3n) is 2.27. The van der Waals surface area contributed by atoms with Gasteiger partial charge in [-0.1, -0.05) is 17.2 Å². The number of methoxy groups -OCH3 is 1. The summed E-state index contributed by atoms with van der Waals surface area (Å²) in [5.41, 5.74) is 8.22. The Kier molecular flexibility index (Phi) is 4.59. The van der Waals surface area contributed by atoms with E-state index in [1.54, 1.807) is 6.07 Å². The SMILES string of the molecule is COc1cccc(C(O)C(O)CN=[N+]=[N-])c1O. The van der Waals surface area contributed by atoms with E-state index in [2.05, 4.69) is 10.0 Å². The van der Waals surface area contributed by atoms with Crippen LogP contribution in [-0.4, -0.2) is 35.1 Å². The summed E-state index contributed by atoms with van der Waals surface area (Å²) in [6, 6.07) is 4.53. The second-order valence-electron chi connectivity index (χ2n) is 3.32. The number of aromatic hydroxyl groups is 1. The molecule has 0 spiro atoms. The molecular formula is C10H13N3O4. The van der Waals surface area contributed by atoms with Crippen LogP contribution in [0, 0.1) is 0 Å². The summed E-state index contributed by atoms with van der Waals surface area (Å²) in [5.74, 6) is -0.0555. The number of ether oxygens (including phenoxy) is 1. The Labute approximate surface area is 97.5 Å². The predicted octanol–water partition coefficient (Wildman–Crippen LogP) is 1.11. The highest BCUT2D eigenvalue weighted by Gasteiger charge is 2.22. The molecule has 0 amide bonds. The standard InChI is InChI=1S/C10H13N3O4/c1-17-8-4-2-3-6(10(8)16)9(15)7(14)5-12-13-11/h2-4,7,9,14-16H,5H2,1H3. The Morgan fingerprint density at radius 3 is 2.76 bits per heavy atom. The quantitative estimate of drug-likeness (QED) is 0.405. The number of benzene rings is 1. The molecule has 0 fully saturated rings. The van der Waals surface area contributed by atoms with Gasteiger partial charge in [-0.3, -0.25) is 0 Å². The topological polar surface area (TPSA) is 119 Å². The van der Waals surface area contributed by atoms with E-state index < -0.39 is 12.2 Å². The molecule has 1 aromatic rings. The lowest BCUT2D eigenvalue weighted by Crippen LogP contribution is -2.21. The Hall–Kier alpha value is -1.95. The minimum absolute atomic E-state index is 0.116. The fourth-order valence-corrected chi connectivity index (χ4v) is 1.37. The number of aliphatic hydroxyl groups excluding tert-OH is 2. The van der Waals surface area contributed by atoms with E-state index in [1.165, 1.54) is 19.2 Å². The highest BCUT2D eigenvalue weighted by atomic mass is 16.5. The van der Waals surface area contributed by atoms with Crippen LogP contribution in [0.25, 0.3) is 10.4 Å². The number of phenolic OH excluding ortho intramolecular Hbond substituents is 1. The van der Waals surface area contributed by atoms with Gasteiger partial charge in [0.2, 0.25) is 0 Å².